The summed E-state index contributed by atoms with van der Waals surface area (Å²) in [6, 6.07) is 15.1. The number of carbonyl (C=O) groups excluding carboxylic acids is 1. The van der Waals surface area contributed by atoms with E-state index in [1.54, 1.807) is 30.3 Å². The van der Waals surface area contributed by atoms with Crippen molar-refractivity contribution in [1.29, 1.82) is 5.26 Å². The summed E-state index contributed by atoms with van der Waals surface area (Å²) in [6.45, 7) is 8.93. The summed E-state index contributed by atoms with van der Waals surface area (Å²) < 4.78 is 5.40. The summed E-state index contributed by atoms with van der Waals surface area (Å²) in [4.78, 5) is 14.8. The van der Waals surface area contributed by atoms with Crippen LogP contribution in [0.5, 0.6) is 5.75 Å². The van der Waals surface area contributed by atoms with E-state index in [1.807, 2.05) is 31.2 Å². The fourth-order valence-electron chi connectivity index (χ4n) is 3.58. The SMILES string of the molecule is CCOc1ccc(NC(=O)/C(C#N)=C\c2ccc3c(c2)C(C)=CC(C)(C)N3C)cc1. The number of carbonyl (C=O) groups is 1. The lowest BCUT2D eigenvalue weighted by molar-refractivity contribution is -0.112. The quantitative estimate of drug-likeness (QED) is 0.548. The lowest BCUT2D eigenvalue weighted by Gasteiger charge is -2.40. The molecule has 30 heavy (non-hydrogen) atoms. The van der Waals surface area contributed by atoms with E-state index in [0.29, 0.717) is 12.3 Å². The van der Waals surface area contributed by atoms with Crippen LogP contribution in [0.25, 0.3) is 11.6 Å². The Bertz CT molecular complexity index is 1060. The van der Waals surface area contributed by atoms with Crippen molar-refractivity contribution in [1.82, 2.24) is 0 Å². The summed E-state index contributed by atoms with van der Waals surface area (Å²) in [7, 11) is 2.07. The van der Waals surface area contributed by atoms with Gasteiger partial charge in [-0.2, -0.15) is 5.26 Å². The van der Waals surface area contributed by atoms with Crippen molar-refractivity contribution in [2.24, 2.45) is 0 Å². The standard InChI is InChI=1S/C25H27N3O2/c1-6-30-21-10-8-20(9-11-21)27-24(29)19(16-26)13-18-7-12-23-22(14-18)17(2)15-25(3,4)28(23)5/h7-15H,6H2,1-5H3,(H,27,29)/b19-13-. The molecule has 0 aromatic heterocycles. The molecule has 154 valence electrons. The Hall–Kier alpha value is -3.52. The van der Waals surface area contributed by atoms with Gasteiger partial charge in [0.05, 0.1) is 12.1 Å². The van der Waals surface area contributed by atoms with Gasteiger partial charge < -0.3 is 15.0 Å². The highest BCUT2D eigenvalue weighted by atomic mass is 16.5. The number of benzene rings is 2. The minimum Gasteiger partial charge on any atom is -0.494 e. The maximum Gasteiger partial charge on any atom is 0.266 e. The maximum absolute atomic E-state index is 12.6. The van der Waals surface area contributed by atoms with Gasteiger partial charge in [-0.25, -0.2) is 0 Å². The van der Waals surface area contributed by atoms with Gasteiger partial charge in [0, 0.05) is 24.0 Å². The van der Waals surface area contributed by atoms with Gasteiger partial charge in [-0.3, -0.25) is 4.79 Å². The van der Waals surface area contributed by atoms with Crippen molar-refractivity contribution >= 4 is 28.9 Å². The number of nitriles is 1. The lowest BCUT2D eigenvalue weighted by atomic mass is 9.88. The Morgan fingerprint density at radius 2 is 1.93 bits per heavy atom. The van der Waals surface area contributed by atoms with E-state index in [4.69, 9.17) is 4.74 Å². The number of rotatable bonds is 5. The van der Waals surface area contributed by atoms with Gasteiger partial charge in [-0.1, -0.05) is 12.1 Å². The monoisotopic (exact) mass is 401 g/mol. The van der Waals surface area contributed by atoms with E-state index < -0.39 is 5.91 Å². The number of allylic oxidation sites excluding steroid dienone is 1. The van der Waals surface area contributed by atoms with Crippen molar-refractivity contribution in [3.63, 3.8) is 0 Å². The molecule has 1 heterocycles. The number of fused-ring (bicyclic) bond motifs is 1. The third-order valence-electron chi connectivity index (χ3n) is 5.34. The van der Waals surface area contributed by atoms with Crippen LogP contribution in [0.15, 0.2) is 54.1 Å². The third-order valence-corrected chi connectivity index (χ3v) is 5.34. The number of amides is 1. The van der Waals surface area contributed by atoms with Crippen LogP contribution in [0.1, 0.15) is 38.8 Å². The molecule has 0 saturated carbocycles. The van der Waals surface area contributed by atoms with Gasteiger partial charge in [0.2, 0.25) is 0 Å². The van der Waals surface area contributed by atoms with E-state index in [9.17, 15) is 10.1 Å². The lowest BCUT2D eigenvalue weighted by Crippen LogP contribution is -2.42. The van der Waals surface area contributed by atoms with E-state index in [0.717, 1.165) is 22.6 Å². The van der Waals surface area contributed by atoms with Gasteiger partial charge in [-0.05, 0) is 81.3 Å². The van der Waals surface area contributed by atoms with E-state index >= 15 is 0 Å². The molecule has 1 aliphatic rings. The third kappa shape index (κ3) is 4.38. The number of hydrogen-bond donors (Lipinski definition) is 1. The fraction of sp³-hybridized carbons (Fsp3) is 0.280. The van der Waals surface area contributed by atoms with Crippen LogP contribution in [0, 0.1) is 11.3 Å². The molecule has 0 fully saturated rings. The van der Waals surface area contributed by atoms with Gasteiger partial charge >= 0.3 is 0 Å². The largest absolute Gasteiger partial charge is 0.494 e. The van der Waals surface area contributed by atoms with E-state index in [-0.39, 0.29) is 11.1 Å². The van der Waals surface area contributed by atoms with Crippen LogP contribution in [0.2, 0.25) is 0 Å². The van der Waals surface area contributed by atoms with Crippen LogP contribution in [0.3, 0.4) is 0 Å². The number of ether oxygens (including phenoxy) is 1. The molecule has 3 rings (SSSR count). The second-order valence-electron chi connectivity index (χ2n) is 7.90. The molecular formula is C25H27N3O2. The van der Waals surface area contributed by atoms with Gasteiger partial charge in [-0.15, -0.1) is 0 Å². The number of likely N-dealkylation sites (N-methyl/N-ethyl adjacent to an activating group) is 1. The fourth-order valence-corrected chi connectivity index (χ4v) is 3.58. The molecule has 2 aromatic rings. The highest BCUT2D eigenvalue weighted by molar-refractivity contribution is 6.09. The Morgan fingerprint density at radius 1 is 1.23 bits per heavy atom. The van der Waals surface area contributed by atoms with Crippen LogP contribution in [-0.2, 0) is 4.79 Å². The molecule has 0 unspecified atom stereocenters. The second-order valence-corrected chi connectivity index (χ2v) is 7.90. The molecule has 0 bridgehead atoms. The van der Waals surface area contributed by atoms with Crippen LogP contribution < -0.4 is 15.0 Å². The molecule has 0 atom stereocenters. The normalized spacial score (nSPS) is 15.0. The van der Waals surface area contributed by atoms with Crippen molar-refractivity contribution in [2.75, 3.05) is 23.9 Å². The molecule has 5 heteroatoms. The van der Waals surface area contributed by atoms with Crippen molar-refractivity contribution in [3.05, 3.63) is 65.2 Å². The molecule has 0 spiro atoms. The zero-order valence-corrected chi connectivity index (χ0v) is 18.1. The molecule has 1 N–H and O–H groups in total. The van der Waals surface area contributed by atoms with Crippen LogP contribution in [-0.4, -0.2) is 25.1 Å². The molecule has 0 radical (unpaired) electrons. The topological polar surface area (TPSA) is 65.4 Å². The molecule has 0 saturated heterocycles. The number of nitrogens with one attached hydrogen (secondary N) is 1. The summed E-state index contributed by atoms with van der Waals surface area (Å²) in [6.07, 6.45) is 3.85. The zero-order valence-electron chi connectivity index (χ0n) is 18.1. The average molecular weight is 402 g/mol. The smallest absolute Gasteiger partial charge is 0.266 e. The summed E-state index contributed by atoms with van der Waals surface area (Å²) in [5, 5.41) is 12.3. The van der Waals surface area contributed by atoms with Crippen LogP contribution >= 0.6 is 0 Å². The van der Waals surface area contributed by atoms with Gasteiger partial charge in [0.15, 0.2) is 0 Å². The highest BCUT2D eigenvalue weighted by Crippen LogP contribution is 2.38. The number of nitrogens with zero attached hydrogens (tertiary/aromatic N) is 2. The highest BCUT2D eigenvalue weighted by Gasteiger charge is 2.28. The molecule has 1 amide bonds. The van der Waals surface area contributed by atoms with Crippen LogP contribution in [0.4, 0.5) is 11.4 Å². The predicted molar refractivity (Wildman–Crippen MR) is 122 cm³/mol. The summed E-state index contributed by atoms with van der Waals surface area (Å²) >= 11 is 0. The van der Waals surface area contributed by atoms with Crippen molar-refractivity contribution in [2.45, 2.75) is 33.2 Å². The first-order valence-electron chi connectivity index (χ1n) is 9.99. The Labute approximate surface area is 178 Å². The number of hydrogen-bond acceptors (Lipinski definition) is 4. The average Bonchev–Trinajstić information content (AvgIpc) is 2.71. The van der Waals surface area contributed by atoms with E-state index in [1.165, 1.54) is 5.57 Å². The molecular weight excluding hydrogens is 374 g/mol. The van der Waals surface area contributed by atoms with Gasteiger partial charge in [0.1, 0.15) is 17.4 Å². The minimum absolute atomic E-state index is 0.0509. The Kier molecular flexibility index (Phi) is 5.98. The first-order chi connectivity index (χ1) is 14.2. The summed E-state index contributed by atoms with van der Waals surface area (Å²) in [5.74, 6) is 0.294. The van der Waals surface area contributed by atoms with Crippen molar-refractivity contribution in [3.8, 4) is 11.8 Å². The predicted octanol–water partition coefficient (Wildman–Crippen LogP) is 5.26. The minimum atomic E-state index is -0.440. The summed E-state index contributed by atoms with van der Waals surface area (Å²) in [5.41, 5.74) is 4.83. The molecule has 0 aliphatic carbocycles. The zero-order chi connectivity index (χ0) is 21.9. The maximum atomic E-state index is 12.6. The van der Waals surface area contributed by atoms with Crippen molar-refractivity contribution < 1.29 is 9.53 Å². The molecule has 2 aromatic carbocycles. The Balaban J connectivity index is 1.83. The second kappa shape index (κ2) is 8.46. The first-order valence-corrected chi connectivity index (χ1v) is 9.99. The molecule has 5 nitrogen and oxygen atoms in total. The van der Waals surface area contributed by atoms with E-state index in [2.05, 4.69) is 44.1 Å². The van der Waals surface area contributed by atoms with Gasteiger partial charge in [0.25, 0.3) is 5.91 Å². The molecule has 1 aliphatic heterocycles. The first kappa shape index (κ1) is 21.2. The number of anilines is 2. The Morgan fingerprint density at radius 3 is 2.57 bits per heavy atom.